The van der Waals surface area contributed by atoms with Crippen molar-refractivity contribution in [1.82, 2.24) is 29.5 Å². The zero-order chi connectivity index (χ0) is 63.8. The molecule has 0 fully saturated rings. The number of benzene rings is 16. The van der Waals surface area contributed by atoms with Crippen LogP contribution in [0.4, 0.5) is 0 Å². The van der Waals surface area contributed by atoms with Crippen LogP contribution in [0, 0.1) is 0 Å². The van der Waals surface area contributed by atoms with Crippen molar-refractivity contribution >= 4 is 190 Å². The average molecular weight is 1300 g/mol. The van der Waals surface area contributed by atoms with E-state index in [-0.39, 0.29) is 0 Å². The third-order valence-electron chi connectivity index (χ3n) is 19.6. The van der Waals surface area contributed by atoms with Crippen LogP contribution in [0.3, 0.4) is 0 Å². The Kier molecular flexibility index (Phi) is 12.3. The van der Waals surface area contributed by atoms with Gasteiger partial charge in [0.05, 0.1) is 39.0 Å². The number of aromatic nitrogens is 6. The van der Waals surface area contributed by atoms with Gasteiger partial charge in [-0.2, -0.15) is 0 Å². The maximum absolute atomic E-state index is 6.64. The molecule has 0 amide bonds. The normalized spacial score (nSPS) is 12.0. The largest absolute Gasteiger partial charge is 0.455 e. The van der Waals surface area contributed by atoms with Crippen LogP contribution in [0.1, 0.15) is 0 Å². The van der Waals surface area contributed by atoms with E-state index < -0.39 is 0 Å². The highest BCUT2D eigenvalue weighted by molar-refractivity contribution is 9.10. The Labute approximate surface area is 561 Å². The molecule has 0 spiro atoms. The lowest BCUT2D eigenvalue weighted by Crippen LogP contribution is -2.04. The van der Waals surface area contributed by atoms with Crippen molar-refractivity contribution in [3.8, 4) is 28.5 Å². The number of H-pyrrole nitrogens is 1. The molecule has 97 heavy (non-hydrogen) atoms. The molecule has 452 valence electrons. The minimum absolute atomic E-state index is 0.615. The van der Waals surface area contributed by atoms with Crippen molar-refractivity contribution in [3.05, 3.63) is 308 Å². The number of rotatable bonds is 3. The van der Waals surface area contributed by atoms with Crippen LogP contribution in [0.2, 0.25) is 0 Å². The Balaban J connectivity index is 0.000000110. The van der Waals surface area contributed by atoms with Crippen molar-refractivity contribution in [2.24, 2.45) is 0 Å². The van der Waals surface area contributed by atoms with Crippen LogP contribution < -0.4 is 0 Å². The summed E-state index contributed by atoms with van der Waals surface area (Å²) in [5.41, 5.74) is 14.2. The third kappa shape index (κ3) is 8.48. The SMILES string of the molecule is Brc1nc(-c2ccccc2)c2c(ccc3ccccc32)n1.c1ccc(-c2nc(-n3c4ccccc4c4c5ccc6c7ccccc7oc6c5c5ccccc5c43)nc3ccc4ccccc4c23)cc1.c1ccc2c(c1)[nH]c1c3ccccc3c3c(ccc4c5ccccc5oc43)c21. The summed E-state index contributed by atoms with van der Waals surface area (Å²) in [7, 11) is 0. The van der Waals surface area contributed by atoms with Crippen LogP contribution in [0.25, 0.3) is 202 Å². The number of furan rings is 2. The molecule has 22 aromatic rings. The monoisotopic (exact) mass is 1300 g/mol. The van der Waals surface area contributed by atoms with Gasteiger partial charge in [0.15, 0.2) is 4.73 Å². The van der Waals surface area contributed by atoms with E-state index in [9.17, 15) is 0 Å². The molecule has 6 heterocycles. The molecule has 1 N–H and O–H groups in total. The molecule has 0 aliphatic rings. The second-order valence-corrected chi connectivity index (χ2v) is 25.5. The number of nitrogens with one attached hydrogen (secondary N) is 1. The van der Waals surface area contributed by atoms with Gasteiger partial charge in [0.25, 0.3) is 0 Å². The first kappa shape index (κ1) is 54.9. The van der Waals surface area contributed by atoms with Gasteiger partial charge in [-0.1, -0.05) is 255 Å². The van der Waals surface area contributed by atoms with Crippen molar-refractivity contribution in [3.63, 3.8) is 0 Å². The molecular formula is C88H51BrN6O2. The first-order valence-corrected chi connectivity index (χ1v) is 33.3. The average Bonchev–Trinajstić information content (AvgIpc) is 1.54. The highest BCUT2D eigenvalue weighted by Crippen LogP contribution is 2.48. The number of nitrogens with zero attached hydrogens (tertiary/aromatic N) is 5. The zero-order valence-corrected chi connectivity index (χ0v) is 53.4. The van der Waals surface area contributed by atoms with Gasteiger partial charge >= 0.3 is 0 Å². The summed E-state index contributed by atoms with van der Waals surface area (Å²) >= 11 is 3.42. The number of fused-ring (bicyclic) bond motifs is 30. The summed E-state index contributed by atoms with van der Waals surface area (Å²) in [5.74, 6) is 0.650. The fourth-order valence-corrected chi connectivity index (χ4v) is 15.8. The third-order valence-corrected chi connectivity index (χ3v) is 19.9. The number of hydrogen-bond acceptors (Lipinski definition) is 6. The molecule has 8 nitrogen and oxygen atoms in total. The maximum atomic E-state index is 6.64. The molecule has 0 unspecified atom stereocenters. The van der Waals surface area contributed by atoms with E-state index in [0.29, 0.717) is 10.7 Å². The zero-order valence-electron chi connectivity index (χ0n) is 51.8. The summed E-state index contributed by atoms with van der Waals surface area (Å²) in [6, 6.07) is 106. The van der Waals surface area contributed by atoms with Crippen LogP contribution in [0.5, 0.6) is 0 Å². The number of aromatic amines is 1. The lowest BCUT2D eigenvalue weighted by atomic mass is 9.95. The maximum Gasteiger partial charge on any atom is 0.235 e. The predicted octanol–water partition coefficient (Wildman–Crippen LogP) is 24.5. The van der Waals surface area contributed by atoms with E-state index in [2.05, 4.69) is 302 Å². The molecule has 0 aliphatic carbocycles. The molecule has 6 aromatic heterocycles. The Morgan fingerprint density at radius 2 is 0.732 bits per heavy atom. The van der Waals surface area contributed by atoms with Crippen LogP contribution >= 0.6 is 15.9 Å². The van der Waals surface area contributed by atoms with E-state index in [1.807, 2.05) is 36.4 Å². The Morgan fingerprint density at radius 1 is 0.289 bits per heavy atom. The molecule has 0 atom stereocenters. The lowest BCUT2D eigenvalue weighted by molar-refractivity contribution is 0.672. The minimum Gasteiger partial charge on any atom is -0.455 e. The lowest BCUT2D eigenvalue weighted by Gasteiger charge is -2.15. The van der Waals surface area contributed by atoms with Crippen LogP contribution in [-0.2, 0) is 0 Å². The summed E-state index contributed by atoms with van der Waals surface area (Å²) in [4.78, 5) is 23.6. The van der Waals surface area contributed by atoms with Gasteiger partial charge in [-0.05, 0) is 108 Å². The quantitative estimate of drug-likeness (QED) is 0.140. The number of para-hydroxylation sites is 4. The summed E-state index contributed by atoms with van der Waals surface area (Å²) in [6.45, 7) is 0. The smallest absolute Gasteiger partial charge is 0.235 e. The van der Waals surface area contributed by atoms with Crippen molar-refractivity contribution in [2.45, 2.75) is 0 Å². The molecule has 0 bridgehead atoms. The highest BCUT2D eigenvalue weighted by Gasteiger charge is 2.25. The fourth-order valence-electron chi connectivity index (χ4n) is 15.4. The first-order valence-electron chi connectivity index (χ1n) is 32.5. The van der Waals surface area contributed by atoms with Gasteiger partial charge in [-0.3, -0.25) is 4.57 Å². The van der Waals surface area contributed by atoms with Gasteiger partial charge in [0, 0.05) is 92.1 Å². The molecule has 0 saturated heterocycles. The Hall–Kier alpha value is -12.6. The Morgan fingerprint density at radius 3 is 1.34 bits per heavy atom. The summed E-state index contributed by atoms with van der Waals surface area (Å²) in [5, 5.41) is 25.8. The summed E-state index contributed by atoms with van der Waals surface area (Å²) < 4.78 is 15.9. The van der Waals surface area contributed by atoms with Gasteiger partial charge in [-0.15, -0.1) is 0 Å². The molecule has 0 saturated carbocycles. The topological polar surface area (TPSA) is 98.6 Å². The minimum atomic E-state index is 0.615. The molecular weight excluding hydrogens is 1250 g/mol. The van der Waals surface area contributed by atoms with Crippen molar-refractivity contribution < 1.29 is 8.83 Å². The van der Waals surface area contributed by atoms with Crippen molar-refractivity contribution in [1.29, 1.82) is 0 Å². The van der Waals surface area contributed by atoms with Gasteiger partial charge in [0.1, 0.15) is 22.3 Å². The molecule has 16 aromatic carbocycles. The van der Waals surface area contributed by atoms with Gasteiger partial charge in [-0.25, -0.2) is 19.9 Å². The summed E-state index contributed by atoms with van der Waals surface area (Å²) in [6.07, 6.45) is 0. The number of hydrogen-bond donors (Lipinski definition) is 1. The second kappa shape index (κ2) is 21.8. The van der Waals surface area contributed by atoms with E-state index >= 15 is 0 Å². The van der Waals surface area contributed by atoms with E-state index in [0.717, 1.165) is 121 Å². The van der Waals surface area contributed by atoms with E-state index in [1.165, 1.54) is 75.7 Å². The standard InChI is InChI=1S/C44H25N3O.C26H15NO.C18H11BrN2/c1-2-13-27(14-3-1)41-40-28-15-5-4-12-26(28)22-25-35(40)45-44(46-41)47-36-20-10-8-19-33(36)38-34-24-23-32-29-16-9-11-21-37(29)48-43(32)39(34)30-17-6-7-18-31(30)42(38)47;1-2-9-17-16(8-1)24-20(23-19-10-3-5-11-21(19)27-25(17)23)14-13-18-15-7-4-6-12-22(15)28-26(18)24;19-18-20-15-11-10-12-6-4-5-9-14(12)16(15)17(21-18)13-7-2-1-3-8-13/h1-25H;1-14,27H;1-11H. The predicted molar refractivity (Wildman–Crippen MR) is 407 cm³/mol. The van der Waals surface area contributed by atoms with Crippen LogP contribution in [0.15, 0.2) is 317 Å². The fraction of sp³-hybridized carbons (Fsp3) is 0. The molecule has 22 rings (SSSR count). The van der Waals surface area contributed by atoms with Crippen LogP contribution in [-0.4, -0.2) is 29.5 Å². The first-order chi connectivity index (χ1) is 48.1. The second-order valence-electron chi connectivity index (χ2n) is 24.8. The van der Waals surface area contributed by atoms with E-state index in [4.69, 9.17) is 18.8 Å². The highest BCUT2D eigenvalue weighted by atomic mass is 79.9. The van der Waals surface area contributed by atoms with E-state index in [1.54, 1.807) is 0 Å². The van der Waals surface area contributed by atoms with Gasteiger partial charge in [0.2, 0.25) is 5.95 Å². The van der Waals surface area contributed by atoms with Gasteiger partial charge < -0.3 is 13.8 Å². The van der Waals surface area contributed by atoms with Crippen molar-refractivity contribution in [2.75, 3.05) is 0 Å². The Bertz CT molecular complexity index is 7030. The molecule has 9 heteroatoms. The molecule has 0 radical (unpaired) electrons. The molecule has 0 aliphatic heterocycles. The number of halogens is 1.